The number of hydrogen-bond donors (Lipinski definition) is 2. The minimum Gasteiger partial charge on any atom is -0.368 e. The molecule has 1 aromatic rings. The molecule has 0 aliphatic heterocycles. The van der Waals surface area contributed by atoms with Crippen LogP contribution in [0.2, 0.25) is 0 Å². The molecule has 0 spiro atoms. The van der Waals surface area contributed by atoms with Crippen molar-refractivity contribution in [2.75, 3.05) is 6.61 Å². The highest BCUT2D eigenvalue weighted by atomic mass is 16.6. The van der Waals surface area contributed by atoms with E-state index in [0.29, 0.717) is 0 Å². The Morgan fingerprint density at radius 2 is 2.24 bits per heavy atom. The summed E-state index contributed by atoms with van der Waals surface area (Å²) in [6, 6.07) is 6.56. The van der Waals surface area contributed by atoms with Crippen LogP contribution in [0.1, 0.15) is 36.1 Å². The summed E-state index contributed by atoms with van der Waals surface area (Å²) in [4.78, 5) is 15.5. The van der Waals surface area contributed by atoms with Crippen molar-refractivity contribution in [2.45, 2.75) is 32.2 Å². The fraction of sp³-hybridized carbons (Fsp3) is 0.462. The average Bonchev–Trinajstić information content (AvgIpc) is 2.75. The Balaban J connectivity index is 1.95. The molecular formula is C13H18N2O2. The third kappa shape index (κ3) is 3.05. The quantitative estimate of drug-likeness (QED) is 0.753. The van der Waals surface area contributed by atoms with E-state index in [1.54, 1.807) is 0 Å². The lowest BCUT2D eigenvalue weighted by Gasteiger charge is -2.14. The molecular weight excluding hydrogens is 216 g/mol. The normalized spacial score (nSPS) is 15.6. The van der Waals surface area contributed by atoms with Gasteiger partial charge in [0.25, 0.3) is 0 Å². The van der Waals surface area contributed by atoms with Gasteiger partial charge in [-0.05, 0) is 42.9 Å². The van der Waals surface area contributed by atoms with Gasteiger partial charge in [-0.15, -0.1) is 0 Å². The zero-order valence-corrected chi connectivity index (χ0v) is 10.0. The molecule has 3 N–H and O–H groups in total. The topological polar surface area (TPSA) is 64.3 Å². The predicted molar refractivity (Wildman–Crippen MR) is 65.2 cm³/mol. The Hall–Kier alpha value is -1.39. The molecule has 0 fully saturated rings. The minimum atomic E-state index is -0.473. The molecule has 0 bridgehead atoms. The van der Waals surface area contributed by atoms with Crippen molar-refractivity contribution in [3.05, 3.63) is 34.9 Å². The van der Waals surface area contributed by atoms with Gasteiger partial charge in [0.2, 0.25) is 5.91 Å². The second-order valence-corrected chi connectivity index (χ2v) is 4.48. The number of nitrogens with one attached hydrogen (secondary N) is 1. The zero-order valence-electron chi connectivity index (χ0n) is 10.0. The largest absolute Gasteiger partial charge is 0.368 e. The van der Waals surface area contributed by atoms with Crippen LogP contribution in [0, 0.1) is 0 Å². The van der Waals surface area contributed by atoms with Crippen LogP contribution >= 0.6 is 0 Å². The maximum absolute atomic E-state index is 10.5. The van der Waals surface area contributed by atoms with E-state index in [1.165, 1.54) is 29.5 Å². The van der Waals surface area contributed by atoms with Crippen LogP contribution in [-0.4, -0.2) is 12.5 Å². The van der Waals surface area contributed by atoms with Gasteiger partial charge in [0.05, 0.1) is 6.04 Å². The number of amides is 1. The predicted octanol–water partition coefficient (Wildman–Crippen LogP) is 1.24. The van der Waals surface area contributed by atoms with Crippen molar-refractivity contribution < 1.29 is 9.63 Å². The summed E-state index contributed by atoms with van der Waals surface area (Å²) in [6.07, 6.45) is 3.60. The summed E-state index contributed by atoms with van der Waals surface area (Å²) in [6.45, 7) is 1.90. The van der Waals surface area contributed by atoms with Gasteiger partial charge in [0.15, 0.2) is 0 Å². The number of hydroxylamine groups is 1. The molecule has 17 heavy (non-hydrogen) atoms. The second kappa shape index (κ2) is 5.29. The van der Waals surface area contributed by atoms with Gasteiger partial charge < -0.3 is 5.73 Å². The van der Waals surface area contributed by atoms with Gasteiger partial charge in [0.1, 0.15) is 6.61 Å². The van der Waals surface area contributed by atoms with Crippen LogP contribution < -0.4 is 11.2 Å². The molecule has 0 radical (unpaired) electrons. The molecule has 0 saturated heterocycles. The van der Waals surface area contributed by atoms with Gasteiger partial charge in [-0.25, -0.2) is 0 Å². The smallest absolute Gasteiger partial charge is 0.245 e. The molecule has 4 heteroatoms. The number of aryl methyl sites for hydroxylation is 2. The van der Waals surface area contributed by atoms with E-state index in [1.807, 2.05) is 6.92 Å². The standard InChI is InChI=1S/C13H18N2O2/c1-9(15-17-8-13(14)16)11-6-5-10-3-2-4-12(10)7-11/h5-7,9,15H,2-4,8H2,1H3,(H2,14,16). The molecule has 1 unspecified atom stereocenters. The highest BCUT2D eigenvalue weighted by Gasteiger charge is 2.13. The van der Waals surface area contributed by atoms with Gasteiger partial charge in [-0.1, -0.05) is 18.2 Å². The Kier molecular flexibility index (Phi) is 3.76. The fourth-order valence-corrected chi connectivity index (χ4v) is 2.17. The number of rotatable bonds is 5. The summed E-state index contributed by atoms with van der Waals surface area (Å²) in [5, 5.41) is 0. The van der Waals surface area contributed by atoms with E-state index in [4.69, 9.17) is 10.6 Å². The molecule has 0 aromatic heterocycles. The van der Waals surface area contributed by atoms with Crippen LogP contribution in [0.25, 0.3) is 0 Å². The molecule has 0 heterocycles. The van der Waals surface area contributed by atoms with Crippen molar-refractivity contribution in [3.8, 4) is 0 Å². The zero-order chi connectivity index (χ0) is 12.3. The van der Waals surface area contributed by atoms with Crippen LogP contribution in [0.15, 0.2) is 18.2 Å². The first-order valence-corrected chi connectivity index (χ1v) is 5.94. The second-order valence-electron chi connectivity index (χ2n) is 4.48. The lowest BCUT2D eigenvalue weighted by Crippen LogP contribution is -2.26. The van der Waals surface area contributed by atoms with E-state index in [9.17, 15) is 4.79 Å². The van der Waals surface area contributed by atoms with Gasteiger partial charge in [0, 0.05) is 0 Å². The van der Waals surface area contributed by atoms with Crippen molar-refractivity contribution in [2.24, 2.45) is 5.73 Å². The molecule has 4 nitrogen and oxygen atoms in total. The molecule has 1 aromatic carbocycles. The highest BCUT2D eigenvalue weighted by Crippen LogP contribution is 2.25. The summed E-state index contributed by atoms with van der Waals surface area (Å²) >= 11 is 0. The van der Waals surface area contributed by atoms with E-state index >= 15 is 0 Å². The Morgan fingerprint density at radius 3 is 3.00 bits per heavy atom. The number of carbonyl (C=O) groups is 1. The van der Waals surface area contributed by atoms with Crippen LogP contribution in [0.4, 0.5) is 0 Å². The lowest BCUT2D eigenvalue weighted by molar-refractivity contribution is -0.126. The van der Waals surface area contributed by atoms with Crippen LogP contribution in [0.5, 0.6) is 0 Å². The van der Waals surface area contributed by atoms with Gasteiger partial charge in [-0.3, -0.25) is 9.63 Å². The van der Waals surface area contributed by atoms with Crippen LogP contribution in [-0.2, 0) is 22.5 Å². The molecule has 2 rings (SSSR count). The van der Waals surface area contributed by atoms with E-state index in [0.717, 1.165) is 6.42 Å². The first-order chi connectivity index (χ1) is 8.16. The van der Waals surface area contributed by atoms with E-state index in [2.05, 4.69) is 23.7 Å². The van der Waals surface area contributed by atoms with Crippen LogP contribution in [0.3, 0.4) is 0 Å². The fourth-order valence-electron chi connectivity index (χ4n) is 2.17. The lowest BCUT2D eigenvalue weighted by atomic mass is 10.0. The van der Waals surface area contributed by atoms with Crippen molar-refractivity contribution in [1.82, 2.24) is 5.48 Å². The van der Waals surface area contributed by atoms with Crippen molar-refractivity contribution in [3.63, 3.8) is 0 Å². The molecule has 1 aliphatic carbocycles. The molecule has 92 valence electrons. The van der Waals surface area contributed by atoms with Crippen molar-refractivity contribution >= 4 is 5.91 Å². The van der Waals surface area contributed by atoms with Gasteiger partial charge >= 0.3 is 0 Å². The summed E-state index contributed by atoms with van der Waals surface area (Å²) in [5.41, 5.74) is 11.9. The number of carbonyl (C=O) groups excluding carboxylic acids is 1. The van der Waals surface area contributed by atoms with Crippen molar-refractivity contribution in [1.29, 1.82) is 0 Å². The first kappa shape index (κ1) is 12.1. The average molecular weight is 234 g/mol. The number of fused-ring (bicyclic) bond motifs is 1. The third-order valence-electron chi connectivity index (χ3n) is 3.10. The summed E-state index contributed by atoms with van der Waals surface area (Å²) < 4.78 is 0. The Morgan fingerprint density at radius 1 is 1.47 bits per heavy atom. The molecule has 0 saturated carbocycles. The minimum absolute atomic E-state index is 0.0558. The Bertz CT molecular complexity index is 418. The summed E-state index contributed by atoms with van der Waals surface area (Å²) in [5.74, 6) is -0.473. The maximum Gasteiger partial charge on any atom is 0.245 e. The maximum atomic E-state index is 10.5. The number of nitrogens with two attached hydrogens (primary N) is 1. The molecule has 1 atom stereocenters. The number of primary amides is 1. The molecule has 1 aliphatic rings. The van der Waals surface area contributed by atoms with Gasteiger partial charge in [-0.2, -0.15) is 5.48 Å². The van der Waals surface area contributed by atoms with E-state index < -0.39 is 5.91 Å². The number of hydrogen-bond acceptors (Lipinski definition) is 3. The Labute approximate surface area is 101 Å². The SMILES string of the molecule is CC(NOCC(N)=O)c1ccc2c(c1)CCC2. The number of benzene rings is 1. The molecule has 1 amide bonds. The first-order valence-electron chi connectivity index (χ1n) is 5.94. The summed E-state index contributed by atoms with van der Waals surface area (Å²) in [7, 11) is 0. The third-order valence-corrected chi connectivity index (χ3v) is 3.10. The highest BCUT2D eigenvalue weighted by molar-refractivity contribution is 5.74. The monoisotopic (exact) mass is 234 g/mol. The van der Waals surface area contributed by atoms with E-state index in [-0.39, 0.29) is 12.6 Å².